The second-order valence-corrected chi connectivity index (χ2v) is 8.95. The number of carbonyl (C=O) groups is 1. The van der Waals surface area contributed by atoms with Crippen molar-refractivity contribution in [3.63, 3.8) is 0 Å². The number of carbonyl (C=O) groups excluding carboxylic acids is 1. The molecule has 1 saturated carbocycles. The van der Waals surface area contributed by atoms with Gasteiger partial charge in [0.15, 0.2) is 0 Å². The van der Waals surface area contributed by atoms with Gasteiger partial charge in [0.1, 0.15) is 0 Å². The molecule has 3 rings (SSSR count). The summed E-state index contributed by atoms with van der Waals surface area (Å²) in [5.41, 5.74) is 2.98. The average molecular weight is 371 g/mol. The second kappa shape index (κ2) is 10.9. The molecule has 0 aliphatic heterocycles. The Balaban J connectivity index is 1.64. The summed E-state index contributed by atoms with van der Waals surface area (Å²) < 4.78 is 5.13. The molecule has 0 radical (unpaired) electrons. The molecule has 0 N–H and O–H groups in total. The minimum atomic E-state index is 0.0374. The standard InChI is InChI=1S/C25H38O2/c1-27-25(26)24-19-22-16-15-21-13-10-12-20(17-21)11-8-6-4-2-3-5-7-9-14-23(24)18-22/h10,12-13,17,22-24H,2-9,11,14-16,18-19H2,1H3. The zero-order valence-electron chi connectivity index (χ0n) is 17.3. The fourth-order valence-corrected chi connectivity index (χ4v) is 5.34. The van der Waals surface area contributed by atoms with Crippen molar-refractivity contribution in [1.82, 2.24) is 0 Å². The molecule has 27 heavy (non-hydrogen) atoms. The highest BCUT2D eigenvalue weighted by Gasteiger charge is 2.38. The van der Waals surface area contributed by atoms with Crippen molar-refractivity contribution in [3.05, 3.63) is 35.4 Å². The topological polar surface area (TPSA) is 26.3 Å². The number of methoxy groups -OCH3 is 1. The first-order valence-corrected chi connectivity index (χ1v) is 11.4. The van der Waals surface area contributed by atoms with E-state index in [4.69, 9.17) is 4.74 Å². The van der Waals surface area contributed by atoms with E-state index < -0.39 is 0 Å². The van der Waals surface area contributed by atoms with Gasteiger partial charge >= 0.3 is 5.97 Å². The third kappa shape index (κ3) is 6.36. The van der Waals surface area contributed by atoms with E-state index in [9.17, 15) is 4.79 Å². The number of hydrogen-bond donors (Lipinski definition) is 0. The molecule has 3 atom stereocenters. The molecule has 1 fully saturated rings. The number of hydrogen-bond acceptors (Lipinski definition) is 2. The summed E-state index contributed by atoms with van der Waals surface area (Å²) in [4.78, 5) is 12.3. The van der Waals surface area contributed by atoms with Gasteiger partial charge in [0.05, 0.1) is 13.0 Å². The van der Waals surface area contributed by atoms with Crippen LogP contribution >= 0.6 is 0 Å². The van der Waals surface area contributed by atoms with Crippen LogP contribution in [0.5, 0.6) is 0 Å². The lowest BCUT2D eigenvalue weighted by atomic mass is 9.90. The lowest BCUT2D eigenvalue weighted by molar-refractivity contribution is -0.146. The molecule has 1 aromatic carbocycles. The highest BCUT2D eigenvalue weighted by Crippen LogP contribution is 2.42. The SMILES string of the molecule is COC(=O)C1CC2CCc3cccc(c3)CCCCCCCCCCC1C2. The number of aryl methyl sites for hydroxylation is 2. The minimum absolute atomic E-state index is 0.0374. The predicted molar refractivity (Wildman–Crippen MR) is 112 cm³/mol. The Morgan fingerprint density at radius 3 is 2.26 bits per heavy atom. The molecule has 0 heterocycles. The Morgan fingerprint density at radius 1 is 0.852 bits per heavy atom. The largest absolute Gasteiger partial charge is 0.469 e. The minimum Gasteiger partial charge on any atom is -0.469 e. The van der Waals surface area contributed by atoms with Gasteiger partial charge in [-0.2, -0.15) is 0 Å². The Kier molecular flexibility index (Phi) is 8.23. The van der Waals surface area contributed by atoms with E-state index in [-0.39, 0.29) is 11.9 Å². The summed E-state index contributed by atoms with van der Waals surface area (Å²) in [6, 6.07) is 9.23. The van der Waals surface area contributed by atoms with Gasteiger partial charge in [-0.1, -0.05) is 69.2 Å². The van der Waals surface area contributed by atoms with Crippen molar-refractivity contribution in [1.29, 1.82) is 0 Å². The number of esters is 1. The van der Waals surface area contributed by atoms with Crippen LogP contribution in [-0.4, -0.2) is 13.1 Å². The molecule has 2 aliphatic carbocycles. The molecule has 0 aromatic heterocycles. The van der Waals surface area contributed by atoms with E-state index in [1.54, 1.807) is 7.11 Å². The first-order valence-electron chi connectivity index (χ1n) is 11.4. The quantitative estimate of drug-likeness (QED) is 0.527. The van der Waals surface area contributed by atoms with Crippen LogP contribution in [0.1, 0.15) is 88.2 Å². The summed E-state index contributed by atoms with van der Waals surface area (Å²) in [7, 11) is 1.56. The summed E-state index contributed by atoms with van der Waals surface area (Å²) in [5.74, 6) is 1.41. The van der Waals surface area contributed by atoms with Gasteiger partial charge in [0, 0.05) is 0 Å². The molecule has 0 saturated heterocycles. The second-order valence-electron chi connectivity index (χ2n) is 8.95. The van der Waals surface area contributed by atoms with Gasteiger partial charge in [-0.3, -0.25) is 4.79 Å². The smallest absolute Gasteiger partial charge is 0.308 e. The molecule has 4 bridgehead atoms. The normalized spacial score (nSPS) is 28.1. The van der Waals surface area contributed by atoms with E-state index in [1.165, 1.54) is 88.2 Å². The Bertz CT molecular complexity index is 579. The summed E-state index contributed by atoms with van der Waals surface area (Å²) >= 11 is 0. The van der Waals surface area contributed by atoms with Crippen molar-refractivity contribution >= 4 is 5.97 Å². The van der Waals surface area contributed by atoms with E-state index in [0.717, 1.165) is 12.8 Å². The molecule has 1 aromatic rings. The van der Waals surface area contributed by atoms with Crippen molar-refractivity contribution in [2.24, 2.45) is 17.8 Å². The van der Waals surface area contributed by atoms with Crippen LogP contribution < -0.4 is 0 Å². The Hall–Kier alpha value is -1.31. The predicted octanol–water partition coefficient (Wildman–Crippen LogP) is 6.50. The van der Waals surface area contributed by atoms with Crippen LogP contribution in [0.25, 0.3) is 0 Å². The Labute approximate surface area is 166 Å². The summed E-state index contributed by atoms with van der Waals surface area (Å²) in [6.07, 6.45) is 17.9. The van der Waals surface area contributed by atoms with E-state index >= 15 is 0 Å². The molecule has 2 nitrogen and oxygen atoms in total. The lowest BCUT2D eigenvalue weighted by Crippen LogP contribution is -2.20. The van der Waals surface area contributed by atoms with Crippen molar-refractivity contribution in [2.75, 3.05) is 7.11 Å². The lowest BCUT2D eigenvalue weighted by Gasteiger charge is -2.17. The maximum Gasteiger partial charge on any atom is 0.308 e. The first-order chi connectivity index (χ1) is 13.3. The van der Waals surface area contributed by atoms with Gasteiger partial charge in [-0.05, 0) is 67.9 Å². The van der Waals surface area contributed by atoms with Crippen molar-refractivity contribution in [3.8, 4) is 0 Å². The molecular formula is C25H38O2. The average Bonchev–Trinajstić information content (AvgIpc) is 3.10. The van der Waals surface area contributed by atoms with Crippen molar-refractivity contribution < 1.29 is 9.53 Å². The molecule has 3 unspecified atom stereocenters. The summed E-state index contributed by atoms with van der Waals surface area (Å²) in [5, 5.41) is 0. The number of benzene rings is 1. The molecule has 2 heteroatoms. The van der Waals surface area contributed by atoms with E-state index in [2.05, 4.69) is 24.3 Å². The zero-order valence-corrected chi connectivity index (χ0v) is 17.3. The van der Waals surface area contributed by atoms with Crippen LogP contribution in [0.2, 0.25) is 0 Å². The molecule has 2 aliphatic rings. The maximum atomic E-state index is 12.3. The van der Waals surface area contributed by atoms with Crippen LogP contribution in [0.15, 0.2) is 24.3 Å². The van der Waals surface area contributed by atoms with Crippen LogP contribution in [-0.2, 0) is 22.4 Å². The number of rotatable bonds is 1. The van der Waals surface area contributed by atoms with Gasteiger partial charge in [-0.15, -0.1) is 0 Å². The van der Waals surface area contributed by atoms with Crippen LogP contribution in [0, 0.1) is 17.8 Å². The van der Waals surface area contributed by atoms with E-state index in [1.807, 2.05) is 0 Å². The summed E-state index contributed by atoms with van der Waals surface area (Å²) in [6.45, 7) is 0. The third-order valence-electron chi connectivity index (χ3n) is 6.92. The van der Waals surface area contributed by atoms with Gasteiger partial charge < -0.3 is 4.74 Å². The highest BCUT2D eigenvalue weighted by atomic mass is 16.5. The molecule has 0 amide bonds. The number of ether oxygens (including phenoxy) is 1. The van der Waals surface area contributed by atoms with Crippen LogP contribution in [0.3, 0.4) is 0 Å². The third-order valence-corrected chi connectivity index (χ3v) is 6.92. The monoisotopic (exact) mass is 370 g/mol. The van der Waals surface area contributed by atoms with Gasteiger partial charge in [-0.25, -0.2) is 0 Å². The maximum absolute atomic E-state index is 12.3. The zero-order chi connectivity index (χ0) is 18.9. The number of fused-ring (bicyclic) bond motifs is 4. The molecule has 0 spiro atoms. The molecular weight excluding hydrogens is 332 g/mol. The Morgan fingerprint density at radius 2 is 1.52 bits per heavy atom. The van der Waals surface area contributed by atoms with Gasteiger partial charge in [0.2, 0.25) is 0 Å². The van der Waals surface area contributed by atoms with Crippen molar-refractivity contribution in [2.45, 2.75) is 89.9 Å². The fourth-order valence-electron chi connectivity index (χ4n) is 5.34. The molecule has 150 valence electrons. The van der Waals surface area contributed by atoms with E-state index in [0.29, 0.717) is 11.8 Å². The van der Waals surface area contributed by atoms with Crippen LogP contribution in [0.4, 0.5) is 0 Å². The highest BCUT2D eigenvalue weighted by molar-refractivity contribution is 5.73. The van der Waals surface area contributed by atoms with Gasteiger partial charge in [0.25, 0.3) is 0 Å². The fraction of sp³-hybridized carbons (Fsp3) is 0.720. The first kappa shape index (κ1) is 20.4.